The van der Waals surface area contributed by atoms with Crippen molar-refractivity contribution in [3.63, 3.8) is 0 Å². The van der Waals surface area contributed by atoms with Crippen LogP contribution in [0.15, 0.2) is 40.9 Å². The van der Waals surface area contributed by atoms with E-state index in [1.807, 2.05) is 37.3 Å². The van der Waals surface area contributed by atoms with Crippen molar-refractivity contribution in [1.29, 1.82) is 5.26 Å². The number of anilines is 2. The number of nitrogens with zero attached hydrogens (tertiary/aromatic N) is 1. The van der Waals surface area contributed by atoms with Crippen molar-refractivity contribution in [1.82, 2.24) is 0 Å². The minimum absolute atomic E-state index is 0.613. The zero-order valence-electron chi connectivity index (χ0n) is 10.7. The molecule has 0 unspecified atom stereocenters. The number of hydrogen-bond acceptors (Lipinski definition) is 3. The summed E-state index contributed by atoms with van der Waals surface area (Å²) in [5, 5.41) is 12.4. The maximum atomic E-state index is 9.17. The Morgan fingerprint density at radius 2 is 2.05 bits per heavy atom. The normalized spacial score (nSPS) is 9.79. The van der Waals surface area contributed by atoms with Gasteiger partial charge in [0.1, 0.15) is 11.8 Å². The van der Waals surface area contributed by atoms with E-state index in [0.29, 0.717) is 5.56 Å². The highest BCUT2D eigenvalue weighted by Crippen LogP contribution is 2.32. The van der Waals surface area contributed by atoms with Gasteiger partial charge in [0.15, 0.2) is 0 Å². The van der Waals surface area contributed by atoms with E-state index in [1.165, 1.54) is 0 Å². The average Bonchev–Trinajstić information content (AvgIpc) is 2.41. The van der Waals surface area contributed by atoms with E-state index in [0.717, 1.165) is 27.2 Å². The third kappa shape index (κ3) is 2.88. The molecule has 2 aromatic rings. The van der Waals surface area contributed by atoms with Crippen LogP contribution in [0.5, 0.6) is 5.75 Å². The zero-order valence-corrected chi connectivity index (χ0v) is 12.3. The Labute approximate surface area is 121 Å². The quantitative estimate of drug-likeness (QED) is 0.913. The number of nitriles is 1. The molecule has 2 aromatic carbocycles. The molecule has 0 aliphatic rings. The highest BCUT2D eigenvalue weighted by Gasteiger charge is 2.09. The Morgan fingerprint density at radius 3 is 2.74 bits per heavy atom. The van der Waals surface area contributed by atoms with Crippen LogP contribution in [0, 0.1) is 18.3 Å². The number of methoxy groups -OCH3 is 1. The molecule has 0 heterocycles. The molecule has 0 atom stereocenters. The van der Waals surface area contributed by atoms with E-state index in [1.54, 1.807) is 13.2 Å². The molecule has 96 valence electrons. The lowest BCUT2D eigenvalue weighted by Gasteiger charge is -2.14. The van der Waals surface area contributed by atoms with E-state index in [-0.39, 0.29) is 0 Å². The molecule has 4 heteroatoms. The van der Waals surface area contributed by atoms with Crippen LogP contribution in [0.1, 0.15) is 11.1 Å². The van der Waals surface area contributed by atoms with Gasteiger partial charge < -0.3 is 10.1 Å². The van der Waals surface area contributed by atoms with E-state index in [2.05, 4.69) is 27.3 Å². The predicted molar refractivity (Wildman–Crippen MR) is 79.9 cm³/mol. The summed E-state index contributed by atoms with van der Waals surface area (Å²) in [6.07, 6.45) is 0. The summed E-state index contributed by atoms with van der Waals surface area (Å²) >= 11 is 3.43. The fraction of sp³-hybridized carbons (Fsp3) is 0.133. The van der Waals surface area contributed by atoms with Crippen LogP contribution >= 0.6 is 15.9 Å². The van der Waals surface area contributed by atoms with Gasteiger partial charge in [-0.3, -0.25) is 0 Å². The number of hydrogen-bond donors (Lipinski definition) is 1. The van der Waals surface area contributed by atoms with Crippen molar-refractivity contribution in [3.8, 4) is 11.8 Å². The Balaban J connectivity index is 2.47. The van der Waals surface area contributed by atoms with Crippen LogP contribution in [0.2, 0.25) is 0 Å². The molecular formula is C15H13BrN2O. The van der Waals surface area contributed by atoms with Gasteiger partial charge in [0.05, 0.1) is 24.0 Å². The molecule has 0 amide bonds. The summed E-state index contributed by atoms with van der Waals surface area (Å²) in [6, 6.07) is 13.5. The van der Waals surface area contributed by atoms with Gasteiger partial charge in [-0.2, -0.15) is 5.26 Å². The molecule has 2 rings (SSSR count). The standard InChI is InChI=1S/C15H13BrN2O/c1-10-4-3-5-11(9-17)15(10)18-13-8-12(16)6-7-14(13)19-2/h3-8,18H,1-2H3. The summed E-state index contributed by atoms with van der Waals surface area (Å²) in [5.41, 5.74) is 3.26. The Hall–Kier alpha value is -1.99. The second-order valence-electron chi connectivity index (χ2n) is 4.08. The number of ether oxygens (including phenoxy) is 1. The molecule has 19 heavy (non-hydrogen) atoms. The lowest BCUT2D eigenvalue weighted by Crippen LogP contribution is -1.99. The Bertz CT molecular complexity index is 647. The van der Waals surface area contributed by atoms with Crippen molar-refractivity contribution < 1.29 is 4.74 Å². The Morgan fingerprint density at radius 1 is 1.26 bits per heavy atom. The number of aryl methyl sites for hydroxylation is 1. The monoisotopic (exact) mass is 316 g/mol. The van der Waals surface area contributed by atoms with Gasteiger partial charge >= 0.3 is 0 Å². The fourth-order valence-corrected chi connectivity index (χ4v) is 2.20. The third-order valence-corrected chi connectivity index (χ3v) is 3.31. The first-order valence-electron chi connectivity index (χ1n) is 5.76. The van der Waals surface area contributed by atoms with Gasteiger partial charge in [0.2, 0.25) is 0 Å². The van der Waals surface area contributed by atoms with Crippen molar-refractivity contribution in [2.45, 2.75) is 6.92 Å². The van der Waals surface area contributed by atoms with Crippen LogP contribution < -0.4 is 10.1 Å². The number of rotatable bonds is 3. The fourth-order valence-electron chi connectivity index (χ4n) is 1.84. The largest absolute Gasteiger partial charge is 0.495 e. The molecule has 0 aliphatic heterocycles. The van der Waals surface area contributed by atoms with E-state index < -0.39 is 0 Å². The van der Waals surface area contributed by atoms with E-state index in [9.17, 15) is 5.26 Å². The summed E-state index contributed by atoms with van der Waals surface area (Å²) in [5.74, 6) is 0.732. The molecule has 0 fully saturated rings. The van der Waals surface area contributed by atoms with Crippen LogP contribution in [0.25, 0.3) is 0 Å². The first-order chi connectivity index (χ1) is 9.15. The van der Waals surface area contributed by atoms with Gasteiger partial charge in [0.25, 0.3) is 0 Å². The molecule has 0 saturated carbocycles. The highest BCUT2D eigenvalue weighted by molar-refractivity contribution is 9.10. The van der Waals surface area contributed by atoms with Crippen LogP contribution in [-0.2, 0) is 0 Å². The third-order valence-electron chi connectivity index (χ3n) is 2.81. The predicted octanol–water partition coefficient (Wildman–Crippen LogP) is 4.38. The zero-order chi connectivity index (χ0) is 13.8. The molecule has 0 aliphatic carbocycles. The molecule has 3 nitrogen and oxygen atoms in total. The highest BCUT2D eigenvalue weighted by atomic mass is 79.9. The van der Waals surface area contributed by atoms with Crippen molar-refractivity contribution in [3.05, 3.63) is 52.0 Å². The molecular weight excluding hydrogens is 304 g/mol. The van der Waals surface area contributed by atoms with Gasteiger partial charge in [-0.1, -0.05) is 28.1 Å². The van der Waals surface area contributed by atoms with Gasteiger partial charge in [-0.15, -0.1) is 0 Å². The second kappa shape index (κ2) is 5.77. The number of halogens is 1. The molecule has 1 N–H and O–H groups in total. The minimum atomic E-state index is 0.613. The summed E-state index contributed by atoms with van der Waals surface area (Å²) in [4.78, 5) is 0. The van der Waals surface area contributed by atoms with Gasteiger partial charge in [0, 0.05) is 4.47 Å². The maximum Gasteiger partial charge on any atom is 0.142 e. The average molecular weight is 317 g/mol. The second-order valence-corrected chi connectivity index (χ2v) is 4.99. The number of nitrogens with one attached hydrogen (secondary N) is 1. The van der Waals surface area contributed by atoms with Crippen LogP contribution in [0.3, 0.4) is 0 Å². The molecule has 0 spiro atoms. The van der Waals surface area contributed by atoms with Crippen LogP contribution in [-0.4, -0.2) is 7.11 Å². The SMILES string of the molecule is COc1ccc(Br)cc1Nc1c(C)cccc1C#N. The topological polar surface area (TPSA) is 45.0 Å². The first-order valence-corrected chi connectivity index (χ1v) is 6.55. The van der Waals surface area contributed by atoms with Gasteiger partial charge in [-0.05, 0) is 36.8 Å². The summed E-state index contributed by atoms with van der Waals surface area (Å²) in [6.45, 7) is 1.97. The molecule has 0 aromatic heterocycles. The minimum Gasteiger partial charge on any atom is -0.495 e. The Kier molecular flexibility index (Phi) is 4.08. The van der Waals surface area contributed by atoms with Crippen molar-refractivity contribution in [2.24, 2.45) is 0 Å². The summed E-state index contributed by atoms with van der Waals surface area (Å²) < 4.78 is 6.27. The van der Waals surface area contributed by atoms with E-state index >= 15 is 0 Å². The van der Waals surface area contributed by atoms with Crippen molar-refractivity contribution >= 4 is 27.3 Å². The van der Waals surface area contributed by atoms with Crippen LogP contribution in [0.4, 0.5) is 11.4 Å². The number of benzene rings is 2. The first kappa shape index (κ1) is 13.4. The lowest BCUT2D eigenvalue weighted by atomic mass is 10.1. The number of para-hydroxylation sites is 1. The summed E-state index contributed by atoms with van der Waals surface area (Å²) in [7, 11) is 1.62. The molecule has 0 radical (unpaired) electrons. The smallest absolute Gasteiger partial charge is 0.142 e. The van der Waals surface area contributed by atoms with Crippen molar-refractivity contribution in [2.75, 3.05) is 12.4 Å². The van der Waals surface area contributed by atoms with E-state index in [4.69, 9.17) is 4.74 Å². The molecule has 0 saturated heterocycles. The molecule has 0 bridgehead atoms. The lowest BCUT2D eigenvalue weighted by molar-refractivity contribution is 0.417. The maximum absolute atomic E-state index is 9.17. The van der Waals surface area contributed by atoms with Gasteiger partial charge in [-0.25, -0.2) is 0 Å².